The van der Waals surface area contributed by atoms with Gasteiger partial charge in [0.25, 0.3) is 0 Å². The number of rotatable bonds is 9. The molecule has 1 rings (SSSR count). The molecule has 0 aromatic rings. The van der Waals surface area contributed by atoms with E-state index in [-0.39, 0.29) is 0 Å². The molecule has 1 aliphatic heterocycles. The fourth-order valence-corrected chi connectivity index (χ4v) is 3.19. The quantitative estimate of drug-likeness (QED) is 0.638. The van der Waals surface area contributed by atoms with Crippen molar-refractivity contribution in [1.29, 1.82) is 0 Å². The van der Waals surface area contributed by atoms with Crippen molar-refractivity contribution in [3.8, 4) is 0 Å². The molecule has 0 spiro atoms. The molecule has 2 nitrogen and oxygen atoms in total. The monoisotopic (exact) mass is 268 g/mol. The Morgan fingerprint density at radius 3 is 2.42 bits per heavy atom. The molecule has 0 bridgehead atoms. The summed E-state index contributed by atoms with van der Waals surface area (Å²) in [5.41, 5.74) is 0. The second-order valence-corrected chi connectivity index (χ2v) is 6.86. The highest BCUT2D eigenvalue weighted by Crippen LogP contribution is 2.23. The fraction of sp³-hybridized carbons (Fsp3) is 1.00. The summed E-state index contributed by atoms with van der Waals surface area (Å²) < 4.78 is 0. The Labute approximate surface area is 121 Å². The Morgan fingerprint density at radius 1 is 1.16 bits per heavy atom. The zero-order valence-corrected chi connectivity index (χ0v) is 13.8. The van der Waals surface area contributed by atoms with Crippen LogP contribution in [0.2, 0.25) is 0 Å². The van der Waals surface area contributed by atoms with Gasteiger partial charge in [-0.25, -0.2) is 0 Å². The van der Waals surface area contributed by atoms with Crippen molar-refractivity contribution in [3.63, 3.8) is 0 Å². The summed E-state index contributed by atoms with van der Waals surface area (Å²) in [6.45, 7) is 14.3. The Hall–Kier alpha value is -0.0800. The van der Waals surface area contributed by atoms with Crippen LogP contribution in [0.3, 0.4) is 0 Å². The molecule has 19 heavy (non-hydrogen) atoms. The number of nitrogens with zero attached hydrogens (tertiary/aromatic N) is 1. The van der Waals surface area contributed by atoms with Crippen LogP contribution in [-0.2, 0) is 0 Å². The Bertz CT molecular complexity index is 207. The second kappa shape index (κ2) is 9.77. The molecule has 1 fully saturated rings. The van der Waals surface area contributed by atoms with Crippen LogP contribution < -0.4 is 5.32 Å². The molecule has 114 valence electrons. The standard InChI is InChI=1S/C17H36N2/c1-5-7-17-9-12-19(13-10-17)16(4)8-6-11-18-14-15(2)3/h15-18H,5-14H2,1-4H3. The first-order valence-electron chi connectivity index (χ1n) is 8.58. The van der Waals surface area contributed by atoms with Crippen LogP contribution in [-0.4, -0.2) is 37.1 Å². The molecule has 0 saturated carbocycles. The van der Waals surface area contributed by atoms with Crippen molar-refractivity contribution in [1.82, 2.24) is 10.2 Å². The number of nitrogens with one attached hydrogen (secondary N) is 1. The van der Waals surface area contributed by atoms with Crippen molar-refractivity contribution in [2.75, 3.05) is 26.2 Å². The molecule has 1 heterocycles. The Morgan fingerprint density at radius 2 is 1.84 bits per heavy atom. The van der Waals surface area contributed by atoms with Crippen molar-refractivity contribution >= 4 is 0 Å². The number of likely N-dealkylation sites (tertiary alicyclic amines) is 1. The minimum absolute atomic E-state index is 0.773. The maximum absolute atomic E-state index is 3.55. The van der Waals surface area contributed by atoms with Crippen LogP contribution in [0.4, 0.5) is 0 Å². The summed E-state index contributed by atoms with van der Waals surface area (Å²) in [7, 11) is 0. The van der Waals surface area contributed by atoms with Gasteiger partial charge in [0, 0.05) is 6.04 Å². The lowest BCUT2D eigenvalue weighted by atomic mass is 9.91. The molecular formula is C17H36N2. The molecular weight excluding hydrogens is 232 g/mol. The predicted octanol–water partition coefficient (Wildman–Crippen LogP) is 3.91. The lowest BCUT2D eigenvalue weighted by molar-refractivity contribution is 0.130. The highest BCUT2D eigenvalue weighted by Gasteiger charge is 2.21. The van der Waals surface area contributed by atoms with Crippen molar-refractivity contribution in [3.05, 3.63) is 0 Å². The van der Waals surface area contributed by atoms with Gasteiger partial charge in [-0.3, -0.25) is 0 Å². The van der Waals surface area contributed by atoms with Gasteiger partial charge in [0.2, 0.25) is 0 Å². The summed E-state index contributed by atoms with van der Waals surface area (Å²) in [4.78, 5) is 2.72. The van der Waals surface area contributed by atoms with Gasteiger partial charge in [0.05, 0.1) is 0 Å². The van der Waals surface area contributed by atoms with Crippen molar-refractivity contribution in [2.24, 2.45) is 11.8 Å². The minimum Gasteiger partial charge on any atom is -0.316 e. The number of hydrogen-bond donors (Lipinski definition) is 1. The fourth-order valence-electron chi connectivity index (χ4n) is 3.19. The van der Waals surface area contributed by atoms with Gasteiger partial charge in [-0.15, -0.1) is 0 Å². The third-order valence-corrected chi connectivity index (χ3v) is 4.50. The molecule has 0 radical (unpaired) electrons. The first kappa shape index (κ1) is 17.0. The van der Waals surface area contributed by atoms with E-state index in [1.807, 2.05) is 0 Å². The van der Waals surface area contributed by atoms with Crippen LogP contribution in [0, 0.1) is 11.8 Å². The Kier molecular flexibility index (Phi) is 8.72. The van der Waals surface area contributed by atoms with Crippen molar-refractivity contribution < 1.29 is 0 Å². The third-order valence-electron chi connectivity index (χ3n) is 4.50. The molecule has 1 N–H and O–H groups in total. The van der Waals surface area contributed by atoms with E-state index in [0.717, 1.165) is 24.4 Å². The smallest absolute Gasteiger partial charge is 0.00674 e. The van der Waals surface area contributed by atoms with Gasteiger partial charge in [-0.05, 0) is 70.6 Å². The molecule has 1 aliphatic rings. The first-order valence-corrected chi connectivity index (χ1v) is 8.58. The van der Waals surface area contributed by atoms with Crippen molar-refractivity contribution in [2.45, 2.75) is 72.3 Å². The van der Waals surface area contributed by atoms with E-state index >= 15 is 0 Å². The van der Waals surface area contributed by atoms with E-state index in [1.165, 1.54) is 58.2 Å². The minimum atomic E-state index is 0.773. The molecule has 0 aliphatic carbocycles. The van der Waals surface area contributed by atoms with Gasteiger partial charge in [0.1, 0.15) is 0 Å². The first-order chi connectivity index (χ1) is 9.13. The summed E-state index contributed by atoms with van der Waals surface area (Å²) in [6.07, 6.45) is 8.35. The molecule has 1 saturated heterocycles. The van der Waals surface area contributed by atoms with Crippen LogP contribution >= 0.6 is 0 Å². The van der Waals surface area contributed by atoms with Crippen LogP contribution in [0.25, 0.3) is 0 Å². The number of hydrogen-bond acceptors (Lipinski definition) is 2. The molecule has 2 heteroatoms. The molecule has 0 aromatic heterocycles. The lowest BCUT2D eigenvalue weighted by Gasteiger charge is -2.36. The van der Waals surface area contributed by atoms with Gasteiger partial charge < -0.3 is 10.2 Å². The summed E-state index contributed by atoms with van der Waals surface area (Å²) in [6, 6.07) is 0.781. The largest absolute Gasteiger partial charge is 0.316 e. The van der Waals surface area contributed by atoms with Gasteiger partial charge in [0.15, 0.2) is 0 Å². The summed E-state index contributed by atoms with van der Waals surface area (Å²) >= 11 is 0. The second-order valence-electron chi connectivity index (χ2n) is 6.86. The molecule has 1 atom stereocenters. The summed E-state index contributed by atoms with van der Waals surface area (Å²) in [5.74, 6) is 1.79. The maximum Gasteiger partial charge on any atom is 0.00674 e. The van der Waals surface area contributed by atoms with E-state index in [1.54, 1.807) is 0 Å². The number of piperidine rings is 1. The molecule has 0 aromatic carbocycles. The van der Waals surface area contributed by atoms with E-state index in [0.29, 0.717) is 0 Å². The van der Waals surface area contributed by atoms with Gasteiger partial charge >= 0.3 is 0 Å². The average Bonchev–Trinajstić information content (AvgIpc) is 2.39. The lowest BCUT2D eigenvalue weighted by Crippen LogP contribution is -2.40. The molecule has 0 amide bonds. The van der Waals surface area contributed by atoms with E-state index in [2.05, 4.69) is 37.9 Å². The SMILES string of the molecule is CCCC1CCN(C(C)CCCNCC(C)C)CC1. The van der Waals surface area contributed by atoms with Crippen LogP contribution in [0.15, 0.2) is 0 Å². The van der Waals surface area contributed by atoms with E-state index in [9.17, 15) is 0 Å². The Balaban J connectivity index is 2.05. The van der Waals surface area contributed by atoms with Crippen LogP contribution in [0.1, 0.15) is 66.2 Å². The highest BCUT2D eigenvalue weighted by molar-refractivity contribution is 4.76. The zero-order valence-electron chi connectivity index (χ0n) is 13.8. The van der Waals surface area contributed by atoms with Gasteiger partial charge in [-0.2, -0.15) is 0 Å². The topological polar surface area (TPSA) is 15.3 Å². The maximum atomic E-state index is 3.55. The average molecular weight is 268 g/mol. The normalized spacial score (nSPS) is 20.1. The molecule has 1 unspecified atom stereocenters. The summed E-state index contributed by atoms with van der Waals surface area (Å²) in [5, 5.41) is 3.55. The third kappa shape index (κ3) is 7.31. The van der Waals surface area contributed by atoms with Crippen LogP contribution in [0.5, 0.6) is 0 Å². The van der Waals surface area contributed by atoms with Gasteiger partial charge in [-0.1, -0.05) is 33.6 Å². The predicted molar refractivity (Wildman–Crippen MR) is 85.6 cm³/mol. The zero-order chi connectivity index (χ0) is 14.1. The van der Waals surface area contributed by atoms with E-state index < -0.39 is 0 Å². The highest BCUT2D eigenvalue weighted by atomic mass is 15.2. The van der Waals surface area contributed by atoms with E-state index in [4.69, 9.17) is 0 Å².